The number of hydrogen-bond donors (Lipinski definition) is 1. The SMILES string of the molecule is Cc1c(Cl)nc2ncnn2c1SCC(=O)NC(C)C. The Morgan fingerprint density at radius 2 is 2.32 bits per heavy atom. The van der Waals surface area contributed by atoms with E-state index in [1.807, 2.05) is 20.8 Å². The number of halogens is 1. The number of nitrogens with one attached hydrogen (secondary N) is 1. The van der Waals surface area contributed by atoms with Crippen molar-refractivity contribution in [3.8, 4) is 0 Å². The normalized spacial score (nSPS) is 11.2. The fourth-order valence-corrected chi connectivity index (χ4v) is 2.68. The lowest BCUT2D eigenvalue weighted by Gasteiger charge is -2.10. The fourth-order valence-electron chi connectivity index (χ4n) is 1.54. The Kier molecular flexibility index (Phi) is 4.26. The maximum absolute atomic E-state index is 11.7. The predicted octanol–water partition coefficient (Wildman–Crippen LogP) is 1.70. The first kappa shape index (κ1) is 14.1. The van der Waals surface area contributed by atoms with Crippen LogP contribution in [0, 0.1) is 6.92 Å². The van der Waals surface area contributed by atoms with E-state index in [2.05, 4.69) is 20.4 Å². The highest BCUT2D eigenvalue weighted by molar-refractivity contribution is 8.00. The van der Waals surface area contributed by atoms with Gasteiger partial charge < -0.3 is 5.32 Å². The van der Waals surface area contributed by atoms with Crippen molar-refractivity contribution in [1.29, 1.82) is 0 Å². The summed E-state index contributed by atoms with van der Waals surface area (Å²) >= 11 is 7.41. The topological polar surface area (TPSA) is 72.2 Å². The number of thioether (sulfide) groups is 1. The monoisotopic (exact) mass is 299 g/mol. The third-order valence-corrected chi connectivity index (χ3v) is 3.87. The van der Waals surface area contributed by atoms with Crippen LogP contribution in [0.1, 0.15) is 19.4 Å². The van der Waals surface area contributed by atoms with E-state index >= 15 is 0 Å². The van der Waals surface area contributed by atoms with Crippen LogP contribution in [-0.2, 0) is 4.79 Å². The molecule has 0 aliphatic heterocycles. The maximum atomic E-state index is 11.7. The van der Waals surface area contributed by atoms with E-state index in [0.29, 0.717) is 16.7 Å². The summed E-state index contributed by atoms with van der Waals surface area (Å²) in [7, 11) is 0. The Balaban J connectivity index is 2.22. The predicted molar refractivity (Wildman–Crippen MR) is 74.5 cm³/mol. The third-order valence-electron chi connectivity index (χ3n) is 2.34. The molecule has 0 aliphatic carbocycles. The molecule has 0 aromatic carbocycles. The van der Waals surface area contributed by atoms with Crippen LogP contribution in [0.15, 0.2) is 11.4 Å². The molecule has 6 nitrogen and oxygen atoms in total. The largest absolute Gasteiger partial charge is 0.353 e. The second-order valence-electron chi connectivity index (χ2n) is 4.32. The van der Waals surface area contributed by atoms with Gasteiger partial charge >= 0.3 is 0 Å². The lowest BCUT2D eigenvalue weighted by atomic mass is 10.4. The van der Waals surface area contributed by atoms with Gasteiger partial charge in [-0.05, 0) is 20.8 Å². The van der Waals surface area contributed by atoms with Crippen molar-refractivity contribution in [2.24, 2.45) is 0 Å². The molecule has 0 fully saturated rings. The zero-order valence-corrected chi connectivity index (χ0v) is 12.4. The minimum Gasteiger partial charge on any atom is -0.353 e. The van der Waals surface area contributed by atoms with E-state index < -0.39 is 0 Å². The zero-order chi connectivity index (χ0) is 14.0. The van der Waals surface area contributed by atoms with E-state index in [1.54, 1.807) is 4.52 Å². The molecule has 0 spiro atoms. The summed E-state index contributed by atoms with van der Waals surface area (Å²) in [4.78, 5) is 19.8. The second kappa shape index (κ2) is 5.75. The Morgan fingerprint density at radius 3 is 3.00 bits per heavy atom. The van der Waals surface area contributed by atoms with E-state index in [9.17, 15) is 4.79 Å². The average Bonchev–Trinajstić information content (AvgIpc) is 2.76. The van der Waals surface area contributed by atoms with Gasteiger partial charge in [0.05, 0.1) is 5.75 Å². The van der Waals surface area contributed by atoms with Crippen LogP contribution in [-0.4, -0.2) is 37.3 Å². The fraction of sp³-hybridized carbons (Fsp3) is 0.455. The number of carbonyl (C=O) groups is 1. The van der Waals surface area contributed by atoms with E-state index in [0.717, 1.165) is 10.6 Å². The van der Waals surface area contributed by atoms with Crippen LogP contribution in [0.25, 0.3) is 5.78 Å². The van der Waals surface area contributed by atoms with Crippen molar-refractivity contribution in [1.82, 2.24) is 24.9 Å². The summed E-state index contributed by atoms with van der Waals surface area (Å²) in [5.74, 6) is 0.705. The molecule has 2 aromatic rings. The molecule has 0 bridgehead atoms. The number of rotatable bonds is 4. The van der Waals surface area contributed by atoms with Gasteiger partial charge in [0.15, 0.2) is 0 Å². The molecule has 0 saturated carbocycles. The van der Waals surface area contributed by atoms with Gasteiger partial charge in [-0.15, -0.1) is 0 Å². The zero-order valence-electron chi connectivity index (χ0n) is 10.8. The lowest BCUT2D eigenvalue weighted by molar-refractivity contribution is -0.119. The highest BCUT2D eigenvalue weighted by Crippen LogP contribution is 2.26. The van der Waals surface area contributed by atoms with Crippen LogP contribution < -0.4 is 5.32 Å². The molecule has 0 saturated heterocycles. The molecular weight excluding hydrogens is 286 g/mol. The van der Waals surface area contributed by atoms with E-state index in [1.165, 1.54) is 18.1 Å². The third kappa shape index (κ3) is 3.16. The number of carbonyl (C=O) groups excluding carboxylic acids is 1. The van der Waals surface area contributed by atoms with E-state index in [4.69, 9.17) is 11.6 Å². The van der Waals surface area contributed by atoms with Gasteiger partial charge in [0.25, 0.3) is 5.78 Å². The van der Waals surface area contributed by atoms with Gasteiger partial charge in [-0.1, -0.05) is 23.4 Å². The van der Waals surface area contributed by atoms with Crippen LogP contribution in [0.4, 0.5) is 0 Å². The molecule has 19 heavy (non-hydrogen) atoms. The lowest BCUT2D eigenvalue weighted by Crippen LogP contribution is -2.31. The number of amides is 1. The number of aromatic nitrogens is 4. The number of hydrogen-bond acceptors (Lipinski definition) is 5. The summed E-state index contributed by atoms with van der Waals surface area (Å²) < 4.78 is 1.59. The highest BCUT2D eigenvalue weighted by atomic mass is 35.5. The van der Waals surface area contributed by atoms with Crippen molar-refractivity contribution >= 4 is 35.0 Å². The molecule has 2 heterocycles. The molecular formula is C11H14ClN5OS. The Bertz CT molecular complexity index is 612. The van der Waals surface area contributed by atoms with Crippen molar-refractivity contribution < 1.29 is 4.79 Å². The van der Waals surface area contributed by atoms with Gasteiger partial charge in [0.2, 0.25) is 5.91 Å². The van der Waals surface area contributed by atoms with Gasteiger partial charge in [0, 0.05) is 11.6 Å². The Hall–Kier alpha value is -1.34. The Labute approximate surface area is 120 Å². The molecule has 2 aromatic heterocycles. The smallest absolute Gasteiger partial charge is 0.254 e. The molecule has 2 rings (SSSR count). The van der Waals surface area contributed by atoms with Gasteiger partial charge in [-0.25, -0.2) is 0 Å². The maximum Gasteiger partial charge on any atom is 0.254 e. The van der Waals surface area contributed by atoms with Crippen molar-refractivity contribution in [3.05, 3.63) is 17.0 Å². The summed E-state index contributed by atoms with van der Waals surface area (Å²) in [5, 5.41) is 8.09. The molecule has 0 aliphatic rings. The Morgan fingerprint density at radius 1 is 1.58 bits per heavy atom. The molecule has 0 atom stereocenters. The number of nitrogens with zero attached hydrogens (tertiary/aromatic N) is 4. The first-order valence-electron chi connectivity index (χ1n) is 5.77. The summed E-state index contributed by atoms with van der Waals surface area (Å²) in [6, 6.07) is 0.126. The van der Waals surface area contributed by atoms with E-state index in [-0.39, 0.29) is 11.9 Å². The first-order valence-corrected chi connectivity index (χ1v) is 7.13. The van der Waals surface area contributed by atoms with Crippen LogP contribution in [0.5, 0.6) is 0 Å². The minimum absolute atomic E-state index is 0.0272. The summed E-state index contributed by atoms with van der Waals surface area (Å²) in [6.45, 7) is 5.69. The van der Waals surface area contributed by atoms with Crippen molar-refractivity contribution in [2.45, 2.75) is 31.8 Å². The summed E-state index contributed by atoms with van der Waals surface area (Å²) in [5.41, 5.74) is 0.794. The molecule has 102 valence electrons. The van der Waals surface area contributed by atoms with Crippen molar-refractivity contribution in [3.63, 3.8) is 0 Å². The molecule has 1 N–H and O–H groups in total. The quantitative estimate of drug-likeness (QED) is 0.687. The second-order valence-corrected chi connectivity index (χ2v) is 5.64. The average molecular weight is 300 g/mol. The van der Waals surface area contributed by atoms with Gasteiger partial charge in [0.1, 0.15) is 16.5 Å². The number of fused-ring (bicyclic) bond motifs is 1. The van der Waals surface area contributed by atoms with Gasteiger partial charge in [-0.3, -0.25) is 4.79 Å². The molecule has 1 amide bonds. The minimum atomic E-state index is -0.0272. The van der Waals surface area contributed by atoms with Crippen LogP contribution in [0.3, 0.4) is 0 Å². The molecule has 0 radical (unpaired) electrons. The summed E-state index contributed by atoms with van der Waals surface area (Å²) in [6.07, 6.45) is 1.41. The van der Waals surface area contributed by atoms with Crippen LogP contribution >= 0.6 is 23.4 Å². The first-order chi connectivity index (χ1) is 8.99. The molecule has 8 heteroatoms. The highest BCUT2D eigenvalue weighted by Gasteiger charge is 2.14. The van der Waals surface area contributed by atoms with Gasteiger partial charge in [-0.2, -0.15) is 19.6 Å². The standard InChI is InChI=1S/C11H14ClN5OS/c1-6(2)15-8(18)4-19-10-7(3)9(12)16-11-13-5-14-17(10)11/h5-6H,4H2,1-3H3,(H,15,18). The molecule has 0 unspecified atom stereocenters. The van der Waals surface area contributed by atoms with Crippen molar-refractivity contribution in [2.75, 3.05) is 5.75 Å². The van der Waals surface area contributed by atoms with Crippen LogP contribution in [0.2, 0.25) is 5.15 Å².